The van der Waals surface area contributed by atoms with Gasteiger partial charge in [0.1, 0.15) is 4.21 Å². The fourth-order valence-electron chi connectivity index (χ4n) is 2.41. The molecule has 0 amide bonds. The summed E-state index contributed by atoms with van der Waals surface area (Å²) >= 11 is 1.19. The number of nitrogens with zero attached hydrogens (tertiary/aromatic N) is 2. The van der Waals surface area contributed by atoms with Crippen LogP contribution in [0.25, 0.3) is 0 Å². The van der Waals surface area contributed by atoms with E-state index in [0.29, 0.717) is 36.1 Å². The molecule has 0 bridgehead atoms. The van der Waals surface area contributed by atoms with E-state index in [1.54, 1.807) is 17.5 Å². The van der Waals surface area contributed by atoms with E-state index in [0.717, 1.165) is 12.1 Å². The van der Waals surface area contributed by atoms with Crippen LogP contribution >= 0.6 is 11.3 Å². The second kappa shape index (κ2) is 5.94. The maximum Gasteiger partial charge on any atom is 0.252 e. The molecule has 0 atom stereocenters. The third kappa shape index (κ3) is 2.86. The summed E-state index contributed by atoms with van der Waals surface area (Å²) in [5, 5.41) is 1.73. The van der Waals surface area contributed by atoms with Gasteiger partial charge in [-0.2, -0.15) is 4.31 Å². The third-order valence-electron chi connectivity index (χ3n) is 3.60. The molecule has 0 N–H and O–H groups in total. The van der Waals surface area contributed by atoms with E-state index in [4.69, 9.17) is 0 Å². The number of anilines is 1. The van der Waals surface area contributed by atoms with Crippen molar-refractivity contribution in [1.29, 1.82) is 0 Å². The largest absolute Gasteiger partial charge is 0.369 e. The fourth-order valence-corrected chi connectivity index (χ4v) is 4.97. The number of piperazine rings is 1. The lowest BCUT2D eigenvalue weighted by molar-refractivity contribution is 0.385. The third-order valence-corrected chi connectivity index (χ3v) is 6.87. The van der Waals surface area contributed by atoms with Crippen LogP contribution in [0.2, 0.25) is 0 Å². The van der Waals surface area contributed by atoms with Gasteiger partial charge < -0.3 is 4.90 Å². The smallest absolute Gasteiger partial charge is 0.252 e. The summed E-state index contributed by atoms with van der Waals surface area (Å²) in [6.45, 7) is 1.52. The quantitative estimate of drug-likeness (QED) is 0.859. The summed E-state index contributed by atoms with van der Waals surface area (Å²) in [4.78, 5) is 1.85. The van der Waals surface area contributed by atoms with E-state index < -0.39 is 21.7 Å². The summed E-state index contributed by atoms with van der Waals surface area (Å²) in [5.74, 6) is -1.78. The maximum atomic E-state index is 13.3. The number of thiophene rings is 1. The Labute approximate surface area is 131 Å². The van der Waals surface area contributed by atoms with Crippen molar-refractivity contribution in [2.45, 2.75) is 4.21 Å². The van der Waals surface area contributed by atoms with Gasteiger partial charge in [-0.05, 0) is 23.6 Å². The number of rotatable bonds is 3. The van der Waals surface area contributed by atoms with Gasteiger partial charge in [0.25, 0.3) is 10.0 Å². The average molecular weight is 344 g/mol. The first kappa shape index (κ1) is 15.4. The number of hydrogen-bond donors (Lipinski definition) is 0. The number of halogens is 2. The van der Waals surface area contributed by atoms with Crippen molar-refractivity contribution in [3.63, 3.8) is 0 Å². The minimum atomic E-state index is -3.45. The fraction of sp³-hybridized carbons (Fsp3) is 0.286. The molecule has 0 aliphatic carbocycles. The highest BCUT2D eigenvalue weighted by molar-refractivity contribution is 7.91. The Bertz CT molecular complexity index is 755. The first-order valence-electron chi connectivity index (χ1n) is 6.72. The summed E-state index contributed by atoms with van der Waals surface area (Å²) in [6.07, 6.45) is 0. The average Bonchev–Trinajstić information content (AvgIpc) is 3.05. The highest BCUT2D eigenvalue weighted by atomic mass is 32.2. The molecule has 0 unspecified atom stereocenters. The molecule has 0 saturated carbocycles. The highest BCUT2D eigenvalue weighted by Crippen LogP contribution is 2.24. The van der Waals surface area contributed by atoms with Crippen molar-refractivity contribution in [1.82, 2.24) is 4.31 Å². The van der Waals surface area contributed by atoms with Gasteiger partial charge in [0, 0.05) is 37.9 Å². The zero-order valence-electron chi connectivity index (χ0n) is 11.6. The van der Waals surface area contributed by atoms with Crippen molar-refractivity contribution in [2.75, 3.05) is 31.1 Å². The molecule has 0 radical (unpaired) electrons. The van der Waals surface area contributed by atoms with Crippen molar-refractivity contribution < 1.29 is 17.2 Å². The topological polar surface area (TPSA) is 40.6 Å². The summed E-state index contributed by atoms with van der Waals surface area (Å²) in [5.41, 5.74) is 0.562. The van der Waals surface area contributed by atoms with Crippen molar-refractivity contribution in [3.05, 3.63) is 47.3 Å². The molecular weight excluding hydrogens is 330 g/mol. The van der Waals surface area contributed by atoms with Crippen LogP contribution in [0, 0.1) is 11.6 Å². The molecule has 2 aromatic rings. The zero-order valence-corrected chi connectivity index (χ0v) is 13.2. The molecule has 2 heterocycles. The molecule has 118 valence electrons. The van der Waals surface area contributed by atoms with E-state index in [2.05, 4.69) is 0 Å². The molecule has 22 heavy (non-hydrogen) atoms. The molecular formula is C14H14F2N2O2S2. The van der Waals surface area contributed by atoms with Crippen LogP contribution in [0.4, 0.5) is 14.5 Å². The van der Waals surface area contributed by atoms with Gasteiger partial charge in [0.05, 0.1) is 0 Å². The lowest BCUT2D eigenvalue weighted by Crippen LogP contribution is -2.48. The van der Waals surface area contributed by atoms with Gasteiger partial charge in [0.15, 0.2) is 11.6 Å². The number of hydrogen-bond acceptors (Lipinski definition) is 4. The molecule has 3 rings (SSSR count). The first-order valence-corrected chi connectivity index (χ1v) is 9.04. The molecule has 1 aromatic carbocycles. The predicted molar refractivity (Wildman–Crippen MR) is 81.6 cm³/mol. The zero-order chi connectivity index (χ0) is 15.7. The van der Waals surface area contributed by atoms with Gasteiger partial charge in [0.2, 0.25) is 0 Å². The minimum Gasteiger partial charge on any atom is -0.369 e. The normalized spacial score (nSPS) is 16.9. The lowest BCUT2D eigenvalue weighted by atomic mass is 10.2. The number of benzene rings is 1. The van der Waals surface area contributed by atoms with E-state index in [1.807, 2.05) is 4.90 Å². The van der Waals surface area contributed by atoms with Crippen LogP contribution in [0.5, 0.6) is 0 Å². The Hall–Kier alpha value is -1.51. The molecule has 1 saturated heterocycles. The molecule has 1 fully saturated rings. The molecule has 1 aliphatic rings. The summed E-state index contributed by atoms with van der Waals surface area (Å²) in [6, 6.07) is 7.01. The Morgan fingerprint density at radius 3 is 2.32 bits per heavy atom. The maximum absolute atomic E-state index is 13.3. The molecule has 0 spiro atoms. The van der Waals surface area contributed by atoms with Gasteiger partial charge in [-0.3, -0.25) is 0 Å². The minimum absolute atomic E-state index is 0.319. The number of sulfonamides is 1. The lowest BCUT2D eigenvalue weighted by Gasteiger charge is -2.35. The SMILES string of the molecule is O=S(=O)(c1cccs1)N1CCN(c2ccc(F)c(F)c2)CC1. The second-order valence-corrected chi connectivity index (χ2v) is 8.03. The van der Waals surface area contributed by atoms with Gasteiger partial charge in [-0.15, -0.1) is 11.3 Å². The van der Waals surface area contributed by atoms with E-state index in [1.165, 1.54) is 21.7 Å². The standard InChI is InChI=1S/C14H14F2N2O2S2/c15-12-4-3-11(10-13(12)16)17-5-7-18(8-6-17)22(19,20)14-2-1-9-21-14/h1-4,9-10H,5-8H2. The molecule has 8 heteroatoms. The van der Waals surface area contributed by atoms with Gasteiger partial charge >= 0.3 is 0 Å². The van der Waals surface area contributed by atoms with E-state index >= 15 is 0 Å². The summed E-state index contributed by atoms with van der Waals surface area (Å²) in [7, 11) is -3.45. The van der Waals surface area contributed by atoms with Crippen molar-refractivity contribution in [2.24, 2.45) is 0 Å². The Kier molecular flexibility index (Phi) is 4.16. The Morgan fingerprint density at radius 1 is 1.00 bits per heavy atom. The molecule has 1 aromatic heterocycles. The highest BCUT2D eigenvalue weighted by Gasteiger charge is 2.29. The van der Waals surface area contributed by atoms with Crippen LogP contribution in [-0.4, -0.2) is 38.9 Å². The molecule has 1 aliphatic heterocycles. The molecule has 4 nitrogen and oxygen atoms in total. The Balaban J connectivity index is 1.71. The van der Waals surface area contributed by atoms with Gasteiger partial charge in [-0.25, -0.2) is 17.2 Å². The van der Waals surface area contributed by atoms with Crippen molar-refractivity contribution >= 4 is 27.0 Å². The van der Waals surface area contributed by atoms with E-state index in [9.17, 15) is 17.2 Å². The van der Waals surface area contributed by atoms with Crippen LogP contribution < -0.4 is 4.90 Å². The summed E-state index contributed by atoms with van der Waals surface area (Å²) < 4.78 is 52.8. The Morgan fingerprint density at radius 2 is 1.73 bits per heavy atom. The first-order chi connectivity index (χ1) is 10.5. The van der Waals surface area contributed by atoms with E-state index in [-0.39, 0.29) is 0 Å². The monoisotopic (exact) mass is 344 g/mol. The van der Waals surface area contributed by atoms with Crippen molar-refractivity contribution in [3.8, 4) is 0 Å². The predicted octanol–water partition coefficient (Wildman–Crippen LogP) is 2.54. The van der Waals surface area contributed by atoms with Crippen LogP contribution in [0.1, 0.15) is 0 Å². The van der Waals surface area contributed by atoms with Gasteiger partial charge in [-0.1, -0.05) is 6.07 Å². The second-order valence-electron chi connectivity index (χ2n) is 4.92. The van der Waals surface area contributed by atoms with Crippen LogP contribution in [0.3, 0.4) is 0 Å². The van der Waals surface area contributed by atoms with Crippen LogP contribution in [-0.2, 0) is 10.0 Å². The van der Waals surface area contributed by atoms with Crippen LogP contribution in [0.15, 0.2) is 39.9 Å².